The molecule has 0 unspecified atom stereocenters. The standard InChI is InChI=1S/C12H22N2O.ClH/c15-12(11-7-3-4-8-13-11)14-9-5-1-2-6-10-14;/h11,13H,1-10H2;1H/t11-;/m1./s1. The van der Waals surface area contributed by atoms with Gasteiger partial charge in [-0.2, -0.15) is 0 Å². The number of halogens is 1. The van der Waals surface area contributed by atoms with Crippen molar-refractivity contribution in [1.82, 2.24) is 10.2 Å². The van der Waals surface area contributed by atoms with Crippen LogP contribution in [0, 0.1) is 0 Å². The second kappa shape index (κ2) is 7.13. The maximum atomic E-state index is 12.2. The van der Waals surface area contributed by atoms with Crippen molar-refractivity contribution in [2.75, 3.05) is 19.6 Å². The Kier molecular flexibility index (Phi) is 6.14. The molecule has 3 nitrogen and oxygen atoms in total. The van der Waals surface area contributed by atoms with Crippen LogP contribution in [0.25, 0.3) is 0 Å². The molecule has 0 aromatic carbocycles. The van der Waals surface area contributed by atoms with Gasteiger partial charge in [-0.25, -0.2) is 0 Å². The van der Waals surface area contributed by atoms with Crippen LogP contribution in [-0.2, 0) is 4.79 Å². The fourth-order valence-corrected chi connectivity index (χ4v) is 2.57. The minimum atomic E-state index is 0. The number of amides is 1. The van der Waals surface area contributed by atoms with Gasteiger partial charge >= 0.3 is 0 Å². The average molecular weight is 247 g/mol. The van der Waals surface area contributed by atoms with Crippen molar-refractivity contribution >= 4 is 18.3 Å². The Morgan fingerprint density at radius 2 is 1.69 bits per heavy atom. The fraction of sp³-hybridized carbons (Fsp3) is 0.917. The zero-order valence-electron chi connectivity index (χ0n) is 9.91. The molecule has 1 amide bonds. The van der Waals surface area contributed by atoms with Gasteiger partial charge < -0.3 is 10.2 Å². The summed E-state index contributed by atoms with van der Waals surface area (Å²) in [5.41, 5.74) is 0. The Morgan fingerprint density at radius 1 is 1.00 bits per heavy atom. The van der Waals surface area contributed by atoms with Crippen molar-refractivity contribution < 1.29 is 4.79 Å². The highest BCUT2D eigenvalue weighted by Crippen LogP contribution is 2.14. The first-order chi connectivity index (χ1) is 7.38. The molecule has 2 rings (SSSR count). The summed E-state index contributed by atoms with van der Waals surface area (Å²) in [4.78, 5) is 14.2. The summed E-state index contributed by atoms with van der Waals surface area (Å²) < 4.78 is 0. The highest BCUT2D eigenvalue weighted by atomic mass is 35.5. The Bertz CT molecular complexity index is 209. The molecule has 0 aromatic heterocycles. The largest absolute Gasteiger partial charge is 0.341 e. The van der Waals surface area contributed by atoms with Crippen molar-refractivity contribution in [2.24, 2.45) is 0 Å². The molecule has 16 heavy (non-hydrogen) atoms. The molecule has 2 aliphatic heterocycles. The fourth-order valence-electron chi connectivity index (χ4n) is 2.57. The third-order valence-corrected chi connectivity index (χ3v) is 3.53. The molecular weight excluding hydrogens is 224 g/mol. The molecule has 2 heterocycles. The minimum absolute atomic E-state index is 0. The molecule has 2 fully saturated rings. The number of nitrogens with zero attached hydrogens (tertiary/aromatic N) is 1. The molecule has 0 aliphatic carbocycles. The van der Waals surface area contributed by atoms with E-state index in [0.717, 1.165) is 26.1 Å². The summed E-state index contributed by atoms with van der Waals surface area (Å²) in [6, 6.07) is 0.122. The van der Waals surface area contributed by atoms with Crippen molar-refractivity contribution in [3.05, 3.63) is 0 Å². The Labute approximate surface area is 104 Å². The van der Waals surface area contributed by atoms with E-state index in [4.69, 9.17) is 0 Å². The van der Waals surface area contributed by atoms with E-state index >= 15 is 0 Å². The maximum Gasteiger partial charge on any atom is 0.239 e. The van der Waals surface area contributed by atoms with Crippen molar-refractivity contribution in [3.63, 3.8) is 0 Å². The van der Waals surface area contributed by atoms with Gasteiger partial charge in [-0.15, -0.1) is 12.4 Å². The van der Waals surface area contributed by atoms with Gasteiger partial charge in [0.2, 0.25) is 5.91 Å². The van der Waals surface area contributed by atoms with Gasteiger partial charge in [-0.05, 0) is 32.2 Å². The molecule has 1 atom stereocenters. The third kappa shape index (κ3) is 3.63. The number of rotatable bonds is 1. The molecule has 2 saturated heterocycles. The molecule has 0 aromatic rings. The van der Waals surface area contributed by atoms with Gasteiger partial charge in [0.05, 0.1) is 6.04 Å². The van der Waals surface area contributed by atoms with E-state index in [1.807, 2.05) is 0 Å². The van der Waals surface area contributed by atoms with Gasteiger partial charge in [0.1, 0.15) is 0 Å². The van der Waals surface area contributed by atoms with Crippen molar-refractivity contribution in [3.8, 4) is 0 Å². The van der Waals surface area contributed by atoms with E-state index in [0.29, 0.717) is 5.91 Å². The molecule has 0 saturated carbocycles. The van der Waals surface area contributed by atoms with E-state index in [-0.39, 0.29) is 18.4 Å². The predicted octanol–water partition coefficient (Wildman–Crippen LogP) is 1.95. The van der Waals surface area contributed by atoms with E-state index in [2.05, 4.69) is 10.2 Å². The van der Waals surface area contributed by atoms with Gasteiger partial charge in [-0.1, -0.05) is 19.3 Å². The number of hydrogen-bond donors (Lipinski definition) is 1. The smallest absolute Gasteiger partial charge is 0.239 e. The highest BCUT2D eigenvalue weighted by molar-refractivity contribution is 5.85. The van der Waals surface area contributed by atoms with Crippen molar-refractivity contribution in [1.29, 1.82) is 0 Å². The third-order valence-electron chi connectivity index (χ3n) is 3.53. The zero-order chi connectivity index (χ0) is 10.5. The Hall–Kier alpha value is -0.280. The number of nitrogens with one attached hydrogen (secondary N) is 1. The van der Waals surface area contributed by atoms with E-state index < -0.39 is 0 Å². The van der Waals surface area contributed by atoms with Crippen LogP contribution in [0.2, 0.25) is 0 Å². The molecule has 94 valence electrons. The minimum Gasteiger partial charge on any atom is -0.341 e. The number of piperidine rings is 1. The van der Waals surface area contributed by atoms with Crippen molar-refractivity contribution in [2.45, 2.75) is 51.0 Å². The molecule has 0 radical (unpaired) electrons. The second-order valence-corrected chi connectivity index (χ2v) is 4.74. The Balaban J connectivity index is 0.00000128. The summed E-state index contributed by atoms with van der Waals surface area (Å²) in [6.45, 7) is 2.98. The van der Waals surface area contributed by atoms with Crippen LogP contribution in [0.1, 0.15) is 44.9 Å². The summed E-state index contributed by atoms with van der Waals surface area (Å²) in [5, 5.41) is 3.35. The molecule has 2 aliphatic rings. The average Bonchev–Trinajstić information content (AvgIpc) is 2.58. The molecule has 1 N–H and O–H groups in total. The van der Waals surface area contributed by atoms with E-state index in [1.54, 1.807) is 0 Å². The first-order valence-corrected chi connectivity index (χ1v) is 6.40. The number of hydrogen-bond acceptors (Lipinski definition) is 2. The normalized spacial score (nSPS) is 26.8. The van der Waals surface area contributed by atoms with Crippen LogP contribution >= 0.6 is 12.4 Å². The molecule has 4 heteroatoms. The van der Waals surface area contributed by atoms with Crippen LogP contribution in [-0.4, -0.2) is 36.5 Å². The van der Waals surface area contributed by atoms with Crippen LogP contribution in [0.4, 0.5) is 0 Å². The zero-order valence-corrected chi connectivity index (χ0v) is 10.7. The Morgan fingerprint density at radius 3 is 2.25 bits per heavy atom. The number of carbonyl (C=O) groups excluding carboxylic acids is 1. The van der Waals surface area contributed by atoms with Crippen LogP contribution in [0.3, 0.4) is 0 Å². The SMILES string of the molecule is Cl.O=C([C@H]1CCCCN1)N1CCCCCC1. The lowest BCUT2D eigenvalue weighted by Crippen LogP contribution is -2.48. The molecular formula is C12H23ClN2O. The number of likely N-dealkylation sites (tertiary alicyclic amines) is 1. The highest BCUT2D eigenvalue weighted by Gasteiger charge is 2.25. The van der Waals surface area contributed by atoms with Gasteiger partial charge in [0.15, 0.2) is 0 Å². The first-order valence-electron chi connectivity index (χ1n) is 6.40. The van der Waals surface area contributed by atoms with Crippen LogP contribution in [0.5, 0.6) is 0 Å². The lowest BCUT2D eigenvalue weighted by atomic mass is 10.0. The molecule has 0 bridgehead atoms. The van der Waals surface area contributed by atoms with Gasteiger partial charge in [0.25, 0.3) is 0 Å². The van der Waals surface area contributed by atoms with Gasteiger partial charge in [-0.3, -0.25) is 4.79 Å². The lowest BCUT2D eigenvalue weighted by molar-refractivity contribution is -0.134. The quantitative estimate of drug-likeness (QED) is 0.767. The maximum absolute atomic E-state index is 12.2. The first kappa shape index (κ1) is 13.8. The summed E-state index contributed by atoms with van der Waals surface area (Å²) in [6.07, 6.45) is 8.44. The summed E-state index contributed by atoms with van der Waals surface area (Å²) >= 11 is 0. The number of carbonyl (C=O) groups is 1. The summed E-state index contributed by atoms with van der Waals surface area (Å²) in [7, 11) is 0. The van der Waals surface area contributed by atoms with Gasteiger partial charge in [0, 0.05) is 13.1 Å². The topological polar surface area (TPSA) is 32.3 Å². The van der Waals surface area contributed by atoms with Crippen LogP contribution in [0.15, 0.2) is 0 Å². The predicted molar refractivity (Wildman–Crippen MR) is 67.9 cm³/mol. The lowest BCUT2D eigenvalue weighted by Gasteiger charge is -2.29. The molecule has 0 spiro atoms. The summed E-state index contributed by atoms with van der Waals surface area (Å²) in [5.74, 6) is 0.358. The second-order valence-electron chi connectivity index (χ2n) is 4.74. The van der Waals surface area contributed by atoms with E-state index in [1.165, 1.54) is 38.5 Å². The van der Waals surface area contributed by atoms with Crippen LogP contribution < -0.4 is 5.32 Å². The van der Waals surface area contributed by atoms with E-state index in [9.17, 15) is 4.79 Å². The monoisotopic (exact) mass is 246 g/mol.